The summed E-state index contributed by atoms with van der Waals surface area (Å²) in [5.74, 6) is -1.50. The standard InChI is InChI=1S/C14H25NO4/c1-3-10-8-11(12(9-10)14(18)19)13(17)15(4-2)6-5-7-16/h10-12,16H,3-9H2,1-2H3,(H,18,19). The van der Waals surface area contributed by atoms with Crippen LogP contribution in [0.4, 0.5) is 0 Å². The van der Waals surface area contributed by atoms with Gasteiger partial charge in [0.2, 0.25) is 5.91 Å². The predicted octanol–water partition coefficient (Wildman–Crippen LogP) is 1.35. The van der Waals surface area contributed by atoms with Crippen molar-refractivity contribution in [2.45, 2.75) is 39.5 Å². The van der Waals surface area contributed by atoms with Crippen LogP contribution in [0.15, 0.2) is 0 Å². The Balaban J connectivity index is 2.74. The number of hydrogen-bond acceptors (Lipinski definition) is 3. The third-order valence-electron chi connectivity index (χ3n) is 4.15. The van der Waals surface area contributed by atoms with Gasteiger partial charge in [-0.3, -0.25) is 9.59 Å². The van der Waals surface area contributed by atoms with Gasteiger partial charge < -0.3 is 15.1 Å². The maximum absolute atomic E-state index is 12.4. The molecule has 0 saturated heterocycles. The lowest BCUT2D eigenvalue weighted by atomic mass is 9.94. The molecule has 0 spiro atoms. The molecule has 2 N–H and O–H groups in total. The first kappa shape index (κ1) is 16.0. The van der Waals surface area contributed by atoms with Crippen LogP contribution in [0.2, 0.25) is 0 Å². The molecule has 0 aliphatic heterocycles. The van der Waals surface area contributed by atoms with Crippen LogP contribution in [0.1, 0.15) is 39.5 Å². The first-order valence-corrected chi connectivity index (χ1v) is 7.17. The zero-order valence-electron chi connectivity index (χ0n) is 11.8. The Labute approximate surface area is 114 Å². The molecule has 5 nitrogen and oxygen atoms in total. The minimum absolute atomic E-state index is 0.0500. The summed E-state index contributed by atoms with van der Waals surface area (Å²) in [6, 6.07) is 0. The van der Waals surface area contributed by atoms with Gasteiger partial charge in [-0.2, -0.15) is 0 Å². The van der Waals surface area contributed by atoms with Gasteiger partial charge in [-0.1, -0.05) is 13.3 Å². The summed E-state index contributed by atoms with van der Waals surface area (Å²) in [5, 5.41) is 18.1. The van der Waals surface area contributed by atoms with E-state index in [2.05, 4.69) is 0 Å². The summed E-state index contributed by atoms with van der Waals surface area (Å²) in [5.41, 5.74) is 0. The fourth-order valence-corrected chi connectivity index (χ4v) is 2.94. The normalized spacial score (nSPS) is 26.4. The van der Waals surface area contributed by atoms with Crippen molar-refractivity contribution in [1.29, 1.82) is 0 Å². The largest absolute Gasteiger partial charge is 0.481 e. The fraction of sp³-hybridized carbons (Fsp3) is 0.857. The highest BCUT2D eigenvalue weighted by Gasteiger charge is 2.43. The number of carbonyl (C=O) groups is 2. The van der Waals surface area contributed by atoms with Gasteiger partial charge in [0.05, 0.1) is 11.8 Å². The summed E-state index contributed by atoms with van der Waals surface area (Å²) < 4.78 is 0. The average molecular weight is 271 g/mol. The summed E-state index contributed by atoms with van der Waals surface area (Å²) in [7, 11) is 0. The molecule has 1 rings (SSSR count). The molecule has 1 fully saturated rings. The lowest BCUT2D eigenvalue weighted by Crippen LogP contribution is -2.39. The number of rotatable bonds is 7. The van der Waals surface area contributed by atoms with Gasteiger partial charge in [-0.15, -0.1) is 0 Å². The van der Waals surface area contributed by atoms with Crippen LogP contribution in [-0.4, -0.2) is 46.7 Å². The molecule has 0 aromatic heterocycles. The highest BCUT2D eigenvalue weighted by molar-refractivity contribution is 5.85. The van der Waals surface area contributed by atoms with Gasteiger partial charge >= 0.3 is 5.97 Å². The van der Waals surface area contributed by atoms with Crippen molar-refractivity contribution in [1.82, 2.24) is 4.90 Å². The number of aliphatic hydroxyl groups is 1. The van der Waals surface area contributed by atoms with Crippen molar-refractivity contribution >= 4 is 11.9 Å². The SMILES string of the molecule is CCC1CC(C(=O)O)C(C(=O)N(CC)CCCO)C1. The van der Waals surface area contributed by atoms with Crippen molar-refractivity contribution in [3.63, 3.8) is 0 Å². The summed E-state index contributed by atoms with van der Waals surface area (Å²) in [4.78, 5) is 25.4. The summed E-state index contributed by atoms with van der Waals surface area (Å²) in [6.07, 6.45) is 2.76. The van der Waals surface area contributed by atoms with Gasteiger partial charge in [-0.25, -0.2) is 0 Å². The van der Waals surface area contributed by atoms with Crippen LogP contribution in [0, 0.1) is 17.8 Å². The first-order valence-electron chi connectivity index (χ1n) is 7.17. The topological polar surface area (TPSA) is 77.8 Å². The predicted molar refractivity (Wildman–Crippen MR) is 71.6 cm³/mol. The van der Waals surface area contributed by atoms with E-state index in [1.54, 1.807) is 4.90 Å². The molecule has 1 aliphatic carbocycles. The van der Waals surface area contributed by atoms with Crippen molar-refractivity contribution in [3.8, 4) is 0 Å². The molecule has 0 radical (unpaired) electrons. The molecule has 0 aromatic carbocycles. The number of aliphatic hydroxyl groups excluding tert-OH is 1. The van der Waals surface area contributed by atoms with E-state index in [-0.39, 0.29) is 18.4 Å². The minimum atomic E-state index is -0.854. The van der Waals surface area contributed by atoms with E-state index in [0.717, 1.165) is 6.42 Å². The first-order chi connectivity index (χ1) is 9.04. The molecule has 0 bridgehead atoms. The van der Waals surface area contributed by atoms with Crippen molar-refractivity contribution in [2.75, 3.05) is 19.7 Å². The third-order valence-corrected chi connectivity index (χ3v) is 4.15. The third kappa shape index (κ3) is 3.93. The number of nitrogens with zero attached hydrogens (tertiary/aromatic N) is 1. The average Bonchev–Trinajstić information content (AvgIpc) is 2.83. The maximum Gasteiger partial charge on any atom is 0.307 e. The Morgan fingerprint density at radius 2 is 1.84 bits per heavy atom. The summed E-state index contributed by atoms with van der Waals surface area (Å²) >= 11 is 0. The van der Waals surface area contributed by atoms with Crippen molar-refractivity contribution in [2.24, 2.45) is 17.8 Å². The van der Waals surface area contributed by atoms with Gasteiger partial charge in [0, 0.05) is 19.7 Å². The zero-order valence-corrected chi connectivity index (χ0v) is 11.8. The van der Waals surface area contributed by atoms with E-state index in [9.17, 15) is 14.7 Å². The molecule has 0 aromatic rings. The monoisotopic (exact) mass is 271 g/mol. The second-order valence-corrected chi connectivity index (χ2v) is 5.29. The molecule has 3 atom stereocenters. The van der Waals surface area contributed by atoms with Crippen molar-refractivity contribution in [3.05, 3.63) is 0 Å². The Morgan fingerprint density at radius 1 is 1.21 bits per heavy atom. The second kappa shape index (κ2) is 7.48. The zero-order chi connectivity index (χ0) is 14.4. The van der Waals surface area contributed by atoms with Gasteiger partial charge in [0.15, 0.2) is 0 Å². The molecule has 19 heavy (non-hydrogen) atoms. The van der Waals surface area contributed by atoms with Gasteiger partial charge in [-0.05, 0) is 32.1 Å². The van der Waals surface area contributed by atoms with E-state index in [1.165, 1.54) is 0 Å². The molecule has 1 saturated carbocycles. The number of carboxylic acid groups (broad SMARTS) is 1. The minimum Gasteiger partial charge on any atom is -0.481 e. The molecular formula is C14H25NO4. The van der Waals surface area contributed by atoms with E-state index in [1.807, 2.05) is 13.8 Å². The Morgan fingerprint density at radius 3 is 2.32 bits per heavy atom. The molecular weight excluding hydrogens is 246 g/mol. The summed E-state index contributed by atoms with van der Waals surface area (Å²) in [6.45, 7) is 5.05. The molecule has 110 valence electrons. The maximum atomic E-state index is 12.4. The molecule has 1 amide bonds. The van der Waals surface area contributed by atoms with E-state index in [4.69, 9.17) is 5.11 Å². The number of hydrogen-bond donors (Lipinski definition) is 2. The number of carbonyl (C=O) groups excluding carboxylic acids is 1. The number of carboxylic acids is 1. The van der Waals surface area contributed by atoms with E-state index >= 15 is 0 Å². The highest BCUT2D eigenvalue weighted by atomic mass is 16.4. The lowest BCUT2D eigenvalue weighted by Gasteiger charge is -2.26. The number of amides is 1. The van der Waals surface area contributed by atoms with Gasteiger partial charge in [0.25, 0.3) is 0 Å². The Kier molecular flexibility index (Phi) is 6.28. The van der Waals surface area contributed by atoms with Gasteiger partial charge in [0.1, 0.15) is 0 Å². The Hall–Kier alpha value is -1.10. The van der Waals surface area contributed by atoms with Crippen LogP contribution in [-0.2, 0) is 9.59 Å². The molecule has 1 aliphatic rings. The van der Waals surface area contributed by atoms with Crippen molar-refractivity contribution < 1.29 is 19.8 Å². The highest BCUT2D eigenvalue weighted by Crippen LogP contribution is 2.39. The molecule has 3 unspecified atom stereocenters. The Bertz CT molecular complexity index is 319. The molecule has 5 heteroatoms. The van der Waals surface area contributed by atoms with Crippen LogP contribution < -0.4 is 0 Å². The van der Waals surface area contributed by atoms with Crippen LogP contribution in [0.5, 0.6) is 0 Å². The quantitative estimate of drug-likeness (QED) is 0.733. The van der Waals surface area contributed by atoms with Crippen LogP contribution in [0.25, 0.3) is 0 Å². The van der Waals surface area contributed by atoms with Crippen LogP contribution in [0.3, 0.4) is 0 Å². The van der Waals surface area contributed by atoms with E-state index in [0.29, 0.717) is 38.3 Å². The second-order valence-electron chi connectivity index (χ2n) is 5.29. The lowest BCUT2D eigenvalue weighted by molar-refractivity contribution is -0.149. The molecule has 0 heterocycles. The number of aliphatic carboxylic acids is 1. The fourth-order valence-electron chi connectivity index (χ4n) is 2.94. The van der Waals surface area contributed by atoms with Crippen LogP contribution >= 0.6 is 0 Å². The van der Waals surface area contributed by atoms with E-state index < -0.39 is 11.9 Å². The smallest absolute Gasteiger partial charge is 0.307 e.